The van der Waals surface area contributed by atoms with Crippen LogP contribution in [-0.2, 0) is 9.53 Å². The highest BCUT2D eigenvalue weighted by atomic mass is 16.5. The van der Waals surface area contributed by atoms with Gasteiger partial charge in [-0.3, -0.25) is 4.79 Å². The van der Waals surface area contributed by atoms with E-state index in [-0.39, 0.29) is 5.92 Å². The van der Waals surface area contributed by atoms with Gasteiger partial charge in [-0.25, -0.2) is 0 Å². The molecule has 0 aliphatic carbocycles. The molecule has 0 bridgehead atoms. The van der Waals surface area contributed by atoms with Gasteiger partial charge >= 0.3 is 5.97 Å². The molecule has 0 saturated carbocycles. The number of hydrogen-bond acceptors (Lipinski definition) is 2. The maximum atomic E-state index is 11.3. The molecule has 0 unspecified atom stereocenters. The van der Waals surface area contributed by atoms with Gasteiger partial charge in [0.05, 0.1) is 13.0 Å². The number of hydrogen-bond donors (Lipinski definition) is 0. The summed E-state index contributed by atoms with van der Waals surface area (Å²) in [6, 6.07) is 9.57. The highest BCUT2D eigenvalue weighted by molar-refractivity contribution is 5.70. The van der Waals surface area contributed by atoms with Crippen LogP contribution in [-0.4, -0.2) is 12.6 Å². The van der Waals surface area contributed by atoms with Gasteiger partial charge in [-0.15, -0.1) is 0 Å². The summed E-state index contributed by atoms with van der Waals surface area (Å²) in [6.45, 7) is 3.94. The summed E-state index contributed by atoms with van der Waals surface area (Å²) in [4.78, 5) is 11.3. The normalized spacial score (nSPS) is 15.4. The standard InChI is InChI=1S/C12H16O2/c1-3-14-12(13)9-10(2)11-7-5-4-6-8-11/h4-8,10H,3,9H2,1-2H3/t10-/m1/s1/i9D/t9-,10-. The topological polar surface area (TPSA) is 26.3 Å². The van der Waals surface area contributed by atoms with Crippen molar-refractivity contribution in [3.8, 4) is 0 Å². The summed E-state index contributed by atoms with van der Waals surface area (Å²) in [5, 5.41) is 0. The molecular formula is C12H16O2. The number of carbonyl (C=O) groups is 1. The molecule has 1 rings (SSSR count). The Morgan fingerprint density at radius 3 is 2.71 bits per heavy atom. The fourth-order valence-electron chi connectivity index (χ4n) is 1.25. The molecule has 0 saturated heterocycles. The van der Waals surface area contributed by atoms with Crippen LogP contribution in [0.5, 0.6) is 0 Å². The molecule has 14 heavy (non-hydrogen) atoms. The zero-order chi connectivity index (χ0) is 11.3. The van der Waals surface area contributed by atoms with Crippen LogP contribution in [0.4, 0.5) is 0 Å². The second-order valence-electron chi connectivity index (χ2n) is 3.12. The largest absolute Gasteiger partial charge is 0.466 e. The molecule has 0 spiro atoms. The van der Waals surface area contributed by atoms with Crippen LogP contribution >= 0.6 is 0 Å². The van der Waals surface area contributed by atoms with Crippen molar-refractivity contribution in [1.29, 1.82) is 0 Å². The highest BCUT2D eigenvalue weighted by Gasteiger charge is 2.10. The van der Waals surface area contributed by atoms with Crippen LogP contribution in [0.15, 0.2) is 30.3 Å². The van der Waals surface area contributed by atoms with Crippen molar-refractivity contribution in [2.75, 3.05) is 6.61 Å². The molecule has 0 amide bonds. The SMILES string of the molecule is [2H][C@@H](C(=O)OCC)[C@@H](C)c1ccccc1. The van der Waals surface area contributed by atoms with E-state index < -0.39 is 12.4 Å². The van der Waals surface area contributed by atoms with Gasteiger partial charge < -0.3 is 4.74 Å². The summed E-state index contributed by atoms with van der Waals surface area (Å²) in [7, 11) is 0. The number of rotatable bonds is 4. The van der Waals surface area contributed by atoms with E-state index >= 15 is 0 Å². The van der Waals surface area contributed by atoms with Crippen LogP contribution in [0.1, 0.15) is 33.1 Å². The first-order valence-corrected chi connectivity index (χ1v) is 4.80. The van der Waals surface area contributed by atoms with Gasteiger partial charge in [-0.1, -0.05) is 37.3 Å². The Hall–Kier alpha value is -1.31. The number of esters is 1. The Morgan fingerprint density at radius 2 is 2.14 bits per heavy atom. The van der Waals surface area contributed by atoms with Crippen LogP contribution in [0.2, 0.25) is 0 Å². The molecular weight excluding hydrogens is 176 g/mol. The third-order valence-electron chi connectivity index (χ3n) is 2.00. The Bertz CT molecular complexity index is 311. The lowest BCUT2D eigenvalue weighted by atomic mass is 9.98. The van der Waals surface area contributed by atoms with Crippen molar-refractivity contribution in [2.45, 2.75) is 26.2 Å². The molecule has 0 aliphatic heterocycles. The first-order valence-electron chi connectivity index (χ1n) is 5.38. The van der Waals surface area contributed by atoms with E-state index in [9.17, 15) is 4.79 Å². The van der Waals surface area contributed by atoms with E-state index in [2.05, 4.69) is 0 Å². The minimum atomic E-state index is -0.840. The van der Waals surface area contributed by atoms with Gasteiger partial charge in [0.2, 0.25) is 0 Å². The molecule has 1 aromatic rings. The molecule has 0 heterocycles. The highest BCUT2D eigenvalue weighted by Crippen LogP contribution is 2.18. The molecule has 0 aromatic heterocycles. The van der Waals surface area contributed by atoms with Crippen LogP contribution in [0.3, 0.4) is 0 Å². The first kappa shape index (κ1) is 9.25. The minimum absolute atomic E-state index is 0.134. The molecule has 0 fully saturated rings. The lowest BCUT2D eigenvalue weighted by molar-refractivity contribution is -0.143. The van der Waals surface area contributed by atoms with Crippen molar-refractivity contribution >= 4 is 5.97 Å². The summed E-state index contributed by atoms with van der Waals surface area (Å²) < 4.78 is 12.6. The molecule has 76 valence electrons. The monoisotopic (exact) mass is 193 g/mol. The quantitative estimate of drug-likeness (QED) is 0.687. The zero-order valence-corrected chi connectivity index (χ0v) is 8.57. The van der Waals surface area contributed by atoms with Gasteiger partial charge in [0, 0.05) is 1.37 Å². The first-order chi connectivity index (χ1) is 7.16. The number of benzene rings is 1. The van der Waals surface area contributed by atoms with Crippen molar-refractivity contribution in [3.05, 3.63) is 35.9 Å². The molecule has 2 atom stereocenters. The van der Waals surface area contributed by atoms with E-state index in [0.29, 0.717) is 6.61 Å². The van der Waals surface area contributed by atoms with Crippen LogP contribution < -0.4 is 0 Å². The van der Waals surface area contributed by atoms with E-state index in [4.69, 9.17) is 6.11 Å². The Balaban J connectivity index is 2.68. The van der Waals surface area contributed by atoms with E-state index in [0.717, 1.165) is 5.56 Å². The number of carbonyl (C=O) groups excluding carboxylic acids is 1. The Kier molecular flexibility index (Phi) is 3.59. The Labute approximate surface area is 86.3 Å². The average Bonchev–Trinajstić information content (AvgIpc) is 2.28. The van der Waals surface area contributed by atoms with Crippen molar-refractivity contribution in [1.82, 2.24) is 0 Å². The van der Waals surface area contributed by atoms with E-state index in [1.807, 2.05) is 37.3 Å². The molecule has 2 heteroatoms. The fourth-order valence-corrected chi connectivity index (χ4v) is 1.25. The van der Waals surface area contributed by atoms with Gasteiger partial charge in [0.25, 0.3) is 0 Å². The van der Waals surface area contributed by atoms with Crippen LogP contribution in [0.25, 0.3) is 0 Å². The van der Waals surface area contributed by atoms with Gasteiger partial charge in [-0.05, 0) is 18.4 Å². The summed E-state index contributed by atoms with van der Waals surface area (Å²) in [5.74, 6) is -0.584. The molecule has 0 radical (unpaired) electrons. The van der Waals surface area contributed by atoms with Crippen molar-refractivity contribution in [3.63, 3.8) is 0 Å². The lowest BCUT2D eigenvalue weighted by Gasteiger charge is -2.10. The van der Waals surface area contributed by atoms with Gasteiger partial charge in [0.1, 0.15) is 0 Å². The molecule has 0 aliphatic rings. The van der Waals surface area contributed by atoms with Crippen molar-refractivity contribution < 1.29 is 10.9 Å². The van der Waals surface area contributed by atoms with Crippen LogP contribution in [0, 0.1) is 0 Å². The third kappa shape index (κ3) is 3.21. The third-order valence-corrected chi connectivity index (χ3v) is 2.00. The fraction of sp³-hybridized carbons (Fsp3) is 0.417. The smallest absolute Gasteiger partial charge is 0.306 e. The van der Waals surface area contributed by atoms with Gasteiger partial charge in [0.15, 0.2) is 0 Å². The molecule has 2 nitrogen and oxygen atoms in total. The average molecular weight is 193 g/mol. The minimum Gasteiger partial charge on any atom is -0.466 e. The maximum absolute atomic E-state index is 11.3. The number of ether oxygens (including phenoxy) is 1. The summed E-state index contributed by atoms with van der Waals surface area (Å²) in [6.07, 6.45) is -0.840. The van der Waals surface area contributed by atoms with Gasteiger partial charge in [-0.2, -0.15) is 0 Å². The summed E-state index contributed by atoms with van der Waals surface area (Å²) >= 11 is 0. The summed E-state index contributed by atoms with van der Waals surface area (Å²) in [5.41, 5.74) is 0.991. The predicted molar refractivity (Wildman–Crippen MR) is 56.1 cm³/mol. The second-order valence-corrected chi connectivity index (χ2v) is 3.12. The molecule has 0 N–H and O–H groups in total. The molecule has 1 aromatic carbocycles. The van der Waals surface area contributed by atoms with Crippen molar-refractivity contribution in [2.24, 2.45) is 0 Å². The second kappa shape index (κ2) is 5.43. The maximum Gasteiger partial charge on any atom is 0.306 e. The van der Waals surface area contributed by atoms with E-state index in [1.54, 1.807) is 6.92 Å². The Morgan fingerprint density at radius 1 is 1.50 bits per heavy atom. The zero-order valence-electron chi connectivity index (χ0n) is 9.57. The van der Waals surface area contributed by atoms with E-state index in [1.165, 1.54) is 0 Å². The lowest BCUT2D eigenvalue weighted by Crippen LogP contribution is -2.08. The predicted octanol–water partition coefficient (Wildman–Crippen LogP) is 2.74.